The number of hydrogen-bond acceptors (Lipinski definition) is 3. The van der Waals surface area contributed by atoms with Crippen molar-refractivity contribution in [2.24, 2.45) is 5.92 Å². The second-order valence-corrected chi connectivity index (χ2v) is 5.81. The van der Waals surface area contributed by atoms with Gasteiger partial charge in [0.1, 0.15) is 11.6 Å². The summed E-state index contributed by atoms with van der Waals surface area (Å²) in [6.45, 7) is 0. The zero-order chi connectivity index (χ0) is 14.8. The summed E-state index contributed by atoms with van der Waals surface area (Å²) in [4.78, 5) is 6.40. The van der Waals surface area contributed by atoms with Crippen LogP contribution in [0.4, 0.5) is 15.9 Å². The van der Waals surface area contributed by atoms with E-state index in [-0.39, 0.29) is 11.9 Å². The summed E-state index contributed by atoms with van der Waals surface area (Å²) in [5.41, 5.74) is 2.14. The molecule has 1 aromatic carbocycles. The van der Waals surface area contributed by atoms with E-state index < -0.39 is 0 Å². The highest BCUT2D eigenvalue weighted by Gasteiger charge is 2.32. The molecule has 3 nitrogen and oxygen atoms in total. The van der Waals surface area contributed by atoms with Gasteiger partial charge in [0.25, 0.3) is 0 Å². The van der Waals surface area contributed by atoms with Gasteiger partial charge in [-0.3, -0.25) is 0 Å². The Kier molecular flexibility index (Phi) is 3.78. The van der Waals surface area contributed by atoms with Gasteiger partial charge in [-0.25, -0.2) is 9.37 Å². The van der Waals surface area contributed by atoms with Crippen molar-refractivity contribution >= 4 is 11.5 Å². The third kappa shape index (κ3) is 3.32. The maximum absolute atomic E-state index is 13.1. The Morgan fingerprint density at radius 3 is 2.38 bits per heavy atom. The van der Waals surface area contributed by atoms with Gasteiger partial charge >= 0.3 is 0 Å². The maximum atomic E-state index is 13.1. The van der Waals surface area contributed by atoms with Crippen molar-refractivity contribution in [2.75, 3.05) is 24.3 Å². The van der Waals surface area contributed by atoms with E-state index in [1.807, 2.05) is 49.5 Å². The Labute approximate surface area is 124 Å². The Hall–Kier alpha value is -2.10. The molecule has 0 radical (unpaired) electrons. The minimum Gasteiger partial charge on any atom is -0.377 e. The van der Waals surface area contributed by atoms with Crippen LogP contribution in [-0.2, 0) is 0 Å². The van der Waals surface area contributed by atoms with Crippen molar-refractivity contribution in [1.29, 1.82) is 0 Å². The summed E-state index contributed by atoms with van der Waals surface area (Å²) in [6, 6.07) is 11.1. The van der Waals surface area contributed by atoms with Gasteiger partial charge in [0, 0.05) is 14.1 Å². The monoisotopic (exact) mass is 285 g/mol. The molecule has 0 amide bonds. The molecule has 1 unspecified atom stereocenters. The van der Waals surface area contributed by atoms with Crippen LogP contribution in [0.15, 0.2) is 42.6 Å². The third-order valence-corrected chi connectivity index (χ3v) is 3.85. The number of nitrogens with one attached hydrogen (secondary N) is 1. The number of pyridine rings is 1. The first kappa shape index (κ1) is 13.9. The summed E-state index contributed by atoms with van der Waals surface area (Å²) >= 11 is 0. The summed E-state index contributed by atoms with van der Waals surface area (Å²) < 4.78 is 13.1. The van der Waals surface area contributed by atoms with Crippen molar-refractivity contribution in [2.45, 2.75) is 18.9 Å². The fourth-order valence-corrected chi connectivity index (χ4v) is 2.49. The Morgan fingerprint density at radius 2 is 1.86 bits per heavy atom. The van der Waals surface area contributed by atoms with Crippen LogP contribution >= 0.6 is 0 Å². The Morgan fingerprint density at radius 1 is 1.14 bits per heavy atom. The van der Waals surface area contributed by atoms with Gasteiger partial charge in [0.05, 0.1) is 17.9 Å². The van der Waals surface area contributed by atoms with E-state index in [9.17, 15) is 4.39 Å². The highest BCUT2D eigenvalue weighted by atomic mass is 19.1. The molecule has 21 heavy (non-hydrogen) atoms. The molecule has 0 aliphatic heterocycles. The van der Waals surface area contributed by atoms with Gasteiger partial charge in [-0.1, -0.05) is 12.1 Å². The number of anilines is 2. The van der Waals surface area contributed by atoms with Crippen molar-refractivity contribution in [1.82, 2.24) is 4.98 Å². The van der Waals surface area contributed by atoms with Crippen molar-refractivity contribution < 1.29 is 4.39 Å². The molecule has 4 heteroatoms. The summed E-state index contributed by atoms with van der Waals surface area (Å²) in [7, 11) is 3.95. The average molecular weight is 285 g/mol. The minimum atomic E-state index is -0.190. The zero-order valence-corrected chi connectivity index (χ0v) is 12.4. The van der Waals surface area contributed by atoms with E-state index in [1.165, 1.54) is 25.0 Å². The van der Waals surface area contributed by atoms with Crippen LogP contribution in [0.1, 0.15) is 24.4 Å². The van der Waals surface area contributed by atoms with E-state index in [4.69, 9.17) is 0 Å². The molecule has 1 saturated carbocycles. The predicted octanol–water partition coefficient (Wildman–Crippen LogP) is 3.85. The fourth-order valence-electron chi connectivity index (χ4n) is 2.49. The first-order valence-corrected chi connectivity index (χ1v) is 7.29. The molecule has 110 valence electrons. The summed E-state index contributed by atoms with van der Waals surface area (Å²) in [5.74, 6) is 1.37. The number of benzene rings is 1. The number of aromatic nitrogens is 1. The van der Waals surface area contributed by atoms with Gasteiger partial charge in [-0.15, -0.1) is 0 Å². The van der Waals surface area contributed by atoms with Crippen LogP contribution in [-0.4, -0.2) is 19.1 Å². The van der Waals surface area contributed by atoms with Crippen LogP contribution in [0.2, 0.25) is 0 Å². The highest BCUT2D eigenvalue weighted by molar-refractivity contribution is 5.49. The Balaban J connectivity index is 1.77. The Bertz CT molecular complexity index is 588. The lowest BCUT2D eigenvalue weighted by Gasteiger charge is -2.20. The topological polar surface area (TPSA) is 28.2 Å². The van der Waals surface area contributed by atoms with Crippen LogP contribution < -0.4 is 10.2 Å². The van der Waals surface area contributed by atoms with E-state index in [1.54, 1.807) is 0 Å². The molecular weight excluding hydrogens is 265 g/mol. The van der Waals surface area contributed by atoms with E-state index in [0.29, 0.717) is 5.92 Å². The molecule has 0 spiro atoms. The number of halogens is 1. The first-order chi connectivity index (χ1) is 10.1. The lowest BCUT2D eigenvalue weighted by Crippen LogP contribution is -2.14. The number of hydrogen-bond donors (Lipinski definition) is 1. The van der Waals surface area contributed by atoms with Crippen LogP contribution in [0.3, 0.4) is 0 Å². The van der Waals surface area contributed by atoms with E-state index in [0.717, 1.165) is 17.1 Å². The second-order valence-electron chi connectivity index (χ2n) is 5.81. The smallest absolute Gasteiger partial charge is 0.128 e. The molecule has 1 aliphatic rings. The van der Waals surface area contributed by atoms with Crippen molar-refractivity contribution in [3.63, 3.8) is 0 Å². The van der Waals surface area contributed by atoms with Gasteiger partial charge in [-0.2, -0.15) is 0 Å². The normalized spacial score (nSPS) is 15.6. The van der Waals surface area contributed by atoms with Crippen LogP contribution in [0, 0.1) is 11.7 Å². The van der Waals surface area contributed by atoms with Gasteiger partial charge in [-0.05, 0) is 48.6 Å². The average Bonchev–Trinajstić information content (AvgIpc) is 3.31. The van der Waals surface area contributed by atoms with Gasteiger partial charge in [0.2, 0.25) is 0 Å². The molecule has 1 atom stereocenters. The quantitative estimate of drug-likeness (QED) is 0.904. The summed E-state index contributed by atoms with van der Waals surface area (Å²) in [5, 5.41) is 3.54. The van der Waals surface area contributed by atoms with E-state index >= 15 is 0 Å². The standard InChI is InChI=1S/C17H20FN3/c1-21(2)16-10-9-15(11-19-16)20-17(12-3-4-12)13-5-7-14(18)8-6-13/h5-12,17,20H,3-4H2,1-2H3. The van der Waals surface area contributed by atoms with Gasteiger partial charge < -0.3 is 10.2 Å². The minimum absolute atomic E-state index is 0.190. The molecule has 0 saturated heterocycles. The largest absolute Gasteiger partial charge is 0.377 e. The molecule has 1 aromatic heterocycles. The van der Waals surface area contributed by atoms with Crippen LogP contribution in [0.25, 0.3) is 0 Å². The van der Waals surface area contributed by atoms with Gasteiger partial charge in [0.15, 0.2) is 0 Å². The molecular formula is C17H20FN3. The van der Waals surface area contributed by atoms with E-state index in [2.05, 4.69) is 10.3 Å². The number of nitrogens with zero attached hydrogens (tertiary/aromatic N) is 2. The lowest BCUT2D eigenvalue weighted by molar-refractivity contribution is 0.622. The highest BCUT2D eigenvalue weighted by Crippen LogP contribution is 2.42. The molecule has 3 rings (SSSR count). The SMILES string of the molecule is CN(C)c1ccc(NC(c2ccc(F)cc2)C2CC2)cn1. The molecule has 0 bridgehead atoms. The fraction of sp³-hybridized carbons (Fsp3) is 0.353. The second kappa shape index (κ2) is 5.72. The molecule has 1 fully saturated rings. The maximum Gasteiger partial charge on any atom is 0.128 e. The third-order valence-electron chi connectivity index (χ3n) is 3.85. The number of rotatable bonds is 5. The van der Waals surface area contributed by atoms with Crippen molar-refractivity contribution in [3.05, 3.63) is 54.0 Å². The molecule has 1 N–H and O–H groups in total. The zero-order valence-electron chi connectivity index (χ0n) is 12.4. The predicted molar refractivity (Wildman–Crippen MR) is 84.1 cm³/mol. The molecule has 1 heterocycles. The molecule has 1 aliphatic carbocycles. The summed E-state index contributed by atoms with van der Waals surface area (Å²) in [6.07, 6.45) is 4.30. The molecule has 2 aromatic rings. The lowest BCUT2D eigenvalue weighted by atomic mass is 10.0. The van der Waals surface area contributed by atoms with Crippen molar-refractivity contribution in [3.8, 4) is 0 Å². The first-order valence-electron chi connectivity index (χ1n) is 7.29. The van der Waals surface area contributed by atoms with Crippen LogP contribution in [0.5, 0.6) is 0 Å².